The number of ether oxygens (including phenoxy) is 1. The van der Waals surface area contributed by atoms with Crippen LogP contribution in [0.25, 0.3) is 0 Å². The van der Waals surface area contributed by atoms with Crippen molar-refractivity contribution in [2.75, 3.05) is 12.9 Å². The average molecular weight is 396 g/mol. The number of carbonyl (C=O) groups excluding carboxylic acids is 1. The standard InChI is InChI=1S/C22H25N3O2S/c1-16-21(17(2)25(24-16)14-18-8-5-4-6-9-18)13-23-22(26)15-28-20-11-7-10-19(12-20)27-3/h4-12H,13-15H2,1-3H3,(H,23,26). The summed E-state index contributed by atoms with van der Waals surface area (Å²) in [7, 11) is 1.64. The molecule has 0 saturated heterocycles. The molecule has 1 heterocycles. The summed E-state index contributed by atoms with van der Waals surface area (Å²) in [6.07, 6.45) is 0. The third-order valence-electron chi connectivity index (χ3n) is 4.58. The number of thioether (sulfide) groups is 1. The highest BCUT2D eigenvalue weighted by Gasteiger charge is 2.13. The van der Waals surface area contributed by atoms with Crippen LogP contribution in [0.2, 0.25) is 0 Å². The molecular formula is C22H25N3O2S. The van der Waals surface area contributed by atoms with Gasteiger partial charge in [-0.3, -0.25) is 9.48 Å². The van der Waals surface area contributed by atoms with Crippen molar-refractivity contribution in [1.82, 2.24) is 15.1 Å². The number of rotatable bonds is 8. The Kier molecular flexibility index (Phi) is 6.76. The van der Waals surface area contributed by atoms with E-state index in [4.69, 9.17) is 4.74 Å². The Bertz CT molecular complexity index is 938. The molecule has 6 heteroatoms. The van der Waals surface area contributed by atoms with E-state index < -0.39 is 0 Å². The van der Waals surface area contributed by atoms with Crippen molar-refractivity contribution in [3.05, 3.63) is 77.1 Å². The van der Waals surface area contributed by atoms with Crippen molar-refractivity contribution in [2.45, 2.75) is 31.8 Å². The summed E-state index contributed by atoms with van der Waals surface area (Å²) in [5.74, 6) is 1.16. The molecule has 1 amide bonds. The topological polar surface area (TPSA) is 56.1 Å². The minimum atomic E-state index is 0.00225. The lowest BCUT2D eigenvalue weighted by molar-refractivity contribution is -0.118. The van der Waals surface area contributed by atoms with Crippen LogP contribution in [0.1, 0.15) is 22.5 Å². The van der Waals surface area contributed by atoms with Crippen molar-refractivity contribution >= 4 is 17.7 Å². The quantitative estimate of drug-likeness (QED) is 0.587. The zero-order chi connectivity index (χ0) is 19.9. The Balaban J connectivity index is 1.55. The molecule has 3 rings (SSSR count). The van der Waals surface area contributed by atoms with Gasteiger partial charge in [0.15, 0.2) is 0 Å². The molecule has 0 radical (unpaired) electrons. The Morgan fingerprint density at radius 3 is 2.68 bits per heavy atom. The summed E-state index contributed by atoms with van der Waals surface area (Å²) in [6.45, 7) is 5.26. The number of benzene rings is 2. The first-order valence-corrected chi connectivity index (χ1v) is 10.2. The van der Waals surface area contributed by atoms with Crippen molar-refractivity contribution in [3.63, 3.8) is 0 Å². The molecule has 0 aliphatic heterocycles. The summed E-state index contributed by atoms with van der Waals surface area (Å²) in [5, 5.41) is 7.65. The van der Waals surface area contributed by atoms with Gasteiger partial charge in [-0.15, -0.1) is 11.8 Å². The third kappa shape index (κ3) is 5.16. The number of nitrogens with zero attached hydrogens (tertiary/aromatic N) is 2. The molecule has 0 bridgehead atoms. The number of hydrogen-bond donors (Lipinski definition) is 1. The van der Waals surface area contributed by atoms with Gasteiger partial charge in [-0.2, -0.15) is 5.10 Å². The lowest BCUT2D eigenvalue weighted by Gasteiger charge is -2.08. The normalized spacial score (nSPS) is 10.7. The van der Waals surface area contributed by atoms with Crippen LogP contribution in [0.15, 0.2) is 59.5 Å². The van der Waals surface area contributed by atoms with Crippen molar-refractivity contribution < 1.29 is 9.53 Å². The van der Waals surface area contributed by atoms with E-state index >= 15 is 0 Å². The lowest BCUT2D eigenvalue weighted by Crippen LogP contribution is -2.25. The Labute approximate surface area is 170 Å². The van der Waals surface area contributed by atoms with Gasteiger partial charge in [0, 0.05) is 22.7 Å². The number of aromatic nitrogens is 2. The second-order valence-electron chi connectivity index (χ2n) is 6.54. The molecule has 28 heavy (non-hydrogen) atoms. The molecule has 0 unspecified atom stereocenters. The molecule has 3 aromatic rings. The molecule has 0 spiro atoms. The van der Waals surface area contributed by atoms with Gasteiger partial charge < -0.3 is 10.1 Å². The SMILES string of the molecule is COc1cccc(SCC(=O)NCc2c(C)nn(Cc3ccccc3)c2C)c1. The van der Waals surface area contributed by atoms with Gasteiger partial charge in [0.1, 0.15) is 5.75 Å². The molecule has 1 aromatic heterocycles. The maximum Gasteiger partial charge on any atom is 0.230 e. The van der Waals surface area contributed by atoms with Crippen molar-refractivity contribution in [3.8, 4) is 5.75 Å². The molecule has 0 atom stereocenters. The van der Waals surface area contributed by atoms with E-state index in [9.17, 15) is 4.79 Å². The maximum atomic E-state index is 12.3. The average Bonchev–Trinajstić information content (AvgIpc) is 2.98. The van der Waals surface area contributed by atoms with Crippen LogP contribution >= 0.6 is 11.8 Å². The van der Waals surface area contributed by atoms with E-state index in [0.29, 0.717) is 12.3 Å². The Morgan fingerprint density at radius 2 is 1.93 bits per heavy atom. The molecular weight excluding hydrogens is 370 g/mol. The van der Waals surface area contributed by atoms with E-state index in [-0.39, 0.29) is 5.91 Å². The van der Waals surface area contributed by atoms with Crippen molar-refractivity contribution in [2.24, 2.45) is 0 Å². The zero-order valence-corrected chi connectivity index (χ0v) is 17.3. The van der Waals surface area contributed by atoms with Crippen LogP contribution in [0.3, 0.4) is 0 Å². The predicted molar refractivity (Wildman–Crippen MR) is 113 cm³/mol. The largest absolute Gasteiger partial charge is 0.497 e. The smallest absolute Gasteiger partial charge is 0.230 e. The molecule has 0 fully saturated rings. The van der Waals surface area contributed by atoms with E-state index in [1.54, 1.807) is 7.11 Å². The van der Waals surface area contributed by atoms with Gasteiger partial charge in [0.25, 0.3) is 0 Å². The fraction of sp³-hybridized carbons (Fsp3) is 0.273. The second-order valence-corrected chi connectivity index (χ2v) is 7.59. The fourth-order valence-corrected chi connectivity index (χ4v) is 3.75. The van der Waals surface area contributed by atoms with Crippen LogP contribution < -0.4 is 10.1 Å². The highest BCUT2D eigenvalue weighted by molar-refractivity contribution is 8.00. The van der Waals surface area contributed by atoms with E-state index in [1.807, 2.05) is 54.1 Å². The van der Waals surface area contributed by atoms with Gasteiger partial charge in [-0.05, 0) is 37.6 Å². The van der Waals surface area contributed by atoms with Gasteiger partial charge >= 0.3 is 0 Å². The molecule has 2 aromatic carbocycles. The number of hydrogen-bond acceptors (Lipinski definition) is 4. The highest BCUT2D eigenvalue weighted by Crippen LogP contribution is 2.22. The third-order valence-corrected chi connectivity index (χ3v) is 5.57. The Hall–Kier alpha value is -2.73. The van der Waals surface area contributed by atoms with Crippen LogP contribution in [-0.4, -0.2) is 28.6 Å². The molecule has 1 N–H and O–H groups in total. The van der Waals surface area contributed by atoms with Crippen LogP contribution in [-0.2, 0) is 17.9 Å². The first-order valence-electron chi connectivity index (χ1n) is 9.17. The number of nitrogens with one attached hydrogen (secondary N) is 1. The summed E-state index contributed by atoms with van der Waals surface area (Å²) in [6, 6.07) is 18.0. The number of aryl methyl sites for hydroxylation is 1. The first kappa shape index (κ1) is 20.0. The van der Waals surface area contributed by atoms with Gasteiger partial charge in [0.05, 0.1) is 25.1 Å². The van der Waals surface area contributed by atoms with Gasteiger partial charge in [0.2, 0.25) is 5.91 Å². The van der Waals surface area contributed by atoms with Crippen LogP contribution in [0.5, 0.6) is 5.75 Å². The Morgan fingerprint density at radius 1 is 1.14 bits per heavy atom. The maximum absolute atomic E-state index is 12.3. The van der Waals surface area contributed by atoms with Crippen LogP contribution in [0.4, 0.5) is 0 Å². The minimum Gasteiger partial charge on any atom is -0.497 e. The predicted octanol–water partition coefficient (Wildman–Crippen LogP) is 3.97. The zero-order valence-electron chi connectivity index (χ0n) is 16.4. The van der Waals surface area contributed by atoms with E-state index in [0.717, 1.165) is 34.1 Å². The monoisotopic (exact) mass is 395 g/mol. The second kappa shape index (κ2) is 9.46. The molecule has 0 aliphatic carbocycles. The summed E-state index contributed by atoms with van der Waals surface area (Å²) in [4.78, 5) is 13.3. The van der Waals surface area contributed by atoms with Crippen LogP contribution in [0, 0.1) is 13.8 Å². The van der Waals surface area contributed by atoms with E-state index in [1.165, 1.54) is 17.3 Å². The summed E-state index contributed by atoms with van der Waals surface area (Å²) in [5.41, 5.74) is 4.32. The minimum absolute atomic E-state index is 0.00225. The number of carbonyl (C=O) groups is 1. The molecule has 0 aliphatic rings. The fourth-order valence-electron chi connectivity index (χ4n) is 2.98. The number of amides is 1. The number of methoxy groups -OCH3 is 1. The van der Waals surface area contributed by atoms with Gasteiger partial charge in [-0.1, -0.05) is 36.4 Å². The molecule has 0 saturated carbocycles. The highest BCUT2D eigenvalue weighted by atomic mass is 32.2. The molecule has 146 valence electrons. The lowest BCUT2D eigenvalue weighted by atomic mass is 10.2. The van der Waals surface area contributed by atoms with E-state index in [2.05, 4.69) is 29.5 Å². The molecule has 5 nitrogen and oxygen atoms in total. The summed E-state index contributed by atoms with van der Waals surface area (Å²) < 4.78 is 7.21. The van der Waals surface area contributed by atoms with Gasteiger partial charge in [-0.25, -0.2) is 0 Å². The first-order chi connectivity index (χ1) is 13.6. The van der Waals surface area contributed by atoms with Crippen molar-refractivity contribution in [1.29, 1.82) is 0 Å². The summed E-state index contributed by atoms with van der Waals surface area (Å²) >= 11 is 1.50.